The molecule has 0 aromatic heterocycles. The van der Waals surface area contributed by atoms with Crippen molar-refractivity contribution in [1.29, 1.82) is 0 Å². The van der Waals surface area contributed by atoms with Crippen LogP contribution in [0.15, 0.2) is 0 Å². The molecule has 1 amide bonds. The maximum absolute atomic E-state index is 12.3. The molecule has 4 heteroatoms. The Morgan fingerprint density at radius 3 is 1.90 bits per heavy atom. The van der Waals surface area contributed by atoms with Gasteiger partial charge >= 0.3 is 0 Å². The molecule has 0 spiro atoms. The summed E-state index contributed by atoms with van der Waals surface area (Å²) >= 11 is 0. The second kappa shape index (κ2) is 7.59. The van der Waals surface area contributed by atoms with Crippen LogP contribution in [0.5, 0.6) is 0 Å². The molecular formula is C17H35N3O. The van der Waals surface area contributed by atoms with Gasteiger partial charge in [0.25, 0.3) is 0 Å². The summed E-state index contributed by atoms with van der Waals surface area (Å²) < 4.78 is 0. The number of carbonyl (C=O) groups excluding carboxylic acids is 1. The van der Waals surface area contributed by atoms with E-state index >= 15 is 0 Å². The van der Waals surface area contributed by atoms with Crippen molar-refractivity contribution in [3.63, 3.8) is 0 Å². The molecule has 1 fully saturated rings. The predicted octanol–water partition coefficient (Wildman–Crippen LogP) is 2.23. The van der Waals surface area contributed by atoms with E-state index in [-0.39, 0.29) is 11.9 Å². The van der Waals surface area contributed by atoms with Gasteiger partial charge in [-0.1, -0.05) is 27.7 Å². The molecule has 1 saturated carbocycles. The molecule has 0 bridgehead atoms. The van der Waals surface area contributed by atoms with E-state index in [9.17, 15) is 4.79 Å². The lowest BCUT2D eigenvalue weighted by Gasteiger charge is -2.39. The van der Waals surface area contributed by atoms with Gasteiger partial charge in [0, 0.05) is 25.7 Å². The minimum absolute atomic E-state index is 0.184. The van der Waals surface area contributed by atoms with Crippen molar-refractivity contribution in [1.82, 2.24) is 10.2 Å². The van der Waals surface area contributed by atoms with E-state index in [1.54, 1.807) is 0 Å². The van der Waals surface area contributed by atoms with E-state index in [2.05, 4.69) is 51.8 Å². The Morgan fingerprint density at radius 2 is 1.62 bits per heavy atom. The predicted molar refractivity (Wildman–Crippen MR) is 89.0 cm³/mol. The summed E-state index contributed by atoms with van der Waals surface area (Å²) in [6, 6.07) is 0.262. The van der Waals surface area contributed by atoms with Crippen molar-refractivity contribution < 1.29 is 4.79 Å². The van der Waals surface area contributed by atoms with Gasteiger partial charge in [0.1, 0.15) is 5.54 Å². The van der Waals surface area contributed by atoms with Crippen LogP contribution in [-0.2, 0) is 4.79 Å². The second-order valence-corrected chi connectivity index (χ2v) is 7.89. The van der Waals surface area contributed by atoms with Crippen LogP contribution in [0.2, 0.25) is 0 Å². The molecule has 124 valence electrons. The van der Waals surface area contributed by atoms with E-state index in [0.717, 1.165) is 32.5 Å². The highest BCUT2D eigenvalue weighted by Crippen LogP contribution is 2.40. The number of primary amides is 1. The highest BCUT2D eigenvalue weighted by molar-refractivity contribution is 5.86. The van der Waals surface area contributed by atoms with E-state index < -0.39 is 5.54 Å². The quantitative estimate of drug-likeness (QED) is 0.650. The van der Waals surface area contributed by atoms with Crippen LogP contribution < -0.4 is 11.1 Å². The third-order valence-electron chi connectivity index (χ3n) is 3.98. The van der Waals surface area contributed by atoms with Crippen molar-refractivity contribution in [2.45, 2.75) is 66.0 Å². The fraction of sp³-hybridized carbons (Fsp3) is 0.941. The van der Waals surface area contributed by atoms with Crippen LogP contribution >= 0.6 is 0 Å². The summed E-state index contributed by atoms with van der Waals surface area (Å²) in [6.07, 6.45) is 2.22. The maximum Gasteiger partial charge on any atom is 0.239 e. The zero-order valence-corrected chi connectivity index (χ0v) is 14.8. The molecule has 0 aromatic carbocycles. The van der Waals surface area contributed by atoms with Gasteiger partial charge in [0.15, 0.2) is 0 Å². The molecule has 1 aliphatic carbocycles. The molecular weight excluding hydrogens is 262 g/mol. The van der Waals surface area contributed by atoms with Crippen molar-refractivity contribution in [3.05, 3.63) is 0 Å². The van der Waals surface area contributed by atoms with Crippen molar-refractivity contribution in [2.24, 2.45) is 23.5 Å². The molecule has 1 aliphatic rings. The number of carbonyl (C=O) groups is 1. The average Bonchev–Trinajstić information content (AvgIpc) is 3.08. The van der Waals surface area contributed by atoms with Gasteiger partial charge in [-0.2, -0.15) is 0 Å². The van der Waals surface area contributed by atoms with E-state index in [1.807, 2.05) is 0 Å². The Hall–Kier alpha value is -0.610. The van der Waals surface area contributed by atoms with Crippen LogP contribution in [0.1, 0.15) is 54.4 Å². The molecule has 4 nitrogen and oxygen atoms in total. The highest BCUT2D eigenvalue weighted by Gasteiger charge is 2.50. The van der Waals surface area contributed by atoms with E-state index in [4.69, 9.17) is 5.73 Å². The number of nitrogens with two attached hydrogens (primary N) is 1. The van der Waals surface area contributed by atoms with Gasteiger partial charge in [0.2, 0.25) is 5.91 Å². The van der Waals surface area contributed by atoms with Crippen molar-refractivity contribution in [2.75, 3.05) is 19.6 Å². The Morgan fingerprint density at radius 1 is 1.14 bits per heavy atom. The topological polar surface area (TPSA) is 58.4 Å². The molecule has 0 heterocycles. The minimum atomic E-state index is -0.558. The van der Waals surface area contributed by atoms with Crippen LogP contribution in [0.4, 0.5) is 0 Å². The second-order valence-electron chi connectivity index (χ2n) is 7.89. The van der Waals surface area contributed by atoms with E-state index in [0.29, 0.717) is 17.8 Å². The average molecular weight is 297 g/mol. The van der Waals surface area contributed by atoms with Crippen LogP contribution in [0, 0.1) is 17.8 Å². The third-order valence-corrected chi connectivity index (χ3v) is 3.98. The van der Waals surface area contributed by atoms with Crippen LogP contribution in [-0.4, -0.2) is 42.0 Å². The summed E-state index contributed by atoms with van der Waals surface area (Å²) in [5, 5.41) is 3.52. The normalized spacial score (nSPS) is 18.8. The SMILES string of the molecule is CC(C)CN(CC(C)C)CC(NC(C)C)(C(N)=O)C1CC1. The van der Waals surface area contributed by atoms with Gasteiger partial charge in [-0.15, -0.1) is 0 Å². The first-order valence-electron chi connectivity index (χ1n) is 8.47. The van der Waals surface area contributed by atoms with Crippen LogP contribution in [0.3, 0.4) is 0 Å². The highest BCUT2D eigenvalue weighted by atomic mass is 16.1. The molecule has 0 aliphatic heterocycles. The number of hydrogen-bond acceptors (Lipinski definition) is 3. The molecule has 0 aromatic rings. The Balaban J connectivity index is 2.92. The summed E-state index contributed by atoms with van der Waals surface area (Å²) in [7, 11) is 0. The fourth-order valence-electron chi connectivity index (χ4n) is 3.32. The zero-order valence-electron chi connectivity index (χ0n) is 14.8. The standard InChI is InChI=1S/C17H35N3O/c1-12(2)9-20(10-13(3)4)11-17(16(18)21,15-7-8-15)19-14(5)6/h12-15,19H,7-11H2,1-6H3,(H2,18,21). The summed E-state index contributed by atoms with van der Waals surface area (Å²) in [6.45, 7) is 15.9. The first kappa shape index (κ1) is 18.4. The zero-order chi connectivity index (χ0) is 16.2. The van der Waals surface area contributed by atoms with Gasteiger partial charge < -0.3 is 10.6 Å². The summed E-state index contributed by atoms with van der Waals surface area (Å²) in [5.41, 5.74) is 5.29. The number of hydrogen-bond donors (Lipinski definition) is 2. The molecule has 21 heavy (non-hydrogen) atoms. The Kier molecular flexibility index (Phi) is 6.67. The smallest absolute Gasteiger partial charge is 0.239 e. The summed E-state index contributed by atoms with van der Waals surface area (Å²) in [5.74, 6) is 1.40. The van der Waals surface area contributed by atoms with Crippen LogP contribution in [0.25, 0.3) is 0 Å². The van der Waals surface area contributed by atoms with Crippen molar-refractivity contribution >= 4 is 5.91 Å². The molecule has 1 atom stereocenters. The fourth-order valence-corrected chi connectivity index (χ4v) is 3.32. The lowest BCUT2D eigenvalue weighted by atomic mass is 9.89. The monoisotopic (exact) mass is 297 g/mol. The number of amides is 1. The van der Waals surface area contributed by atoms with Crippen molar-refractivity contribution in [3.8, 4) is 0 Å². The lowest BCUT2D eigenvalue weighted by Crippen LogP contribution is -2.65. The molecule has 3 N–H and O–H groups in total. The molecule has 1 unspecified atom stereocenters. The maximum atomic E-state index is 12.3. The van der Waals surface area contributed by atoms with Gasteiger partial charge in [-0.25, -0.2) is 0 Å². The number of nitrogens with one attached hydrogen (secondary N) is 1. The van der Waals surface area contributed by atoms with E-state index in [1.165, 1.54) is 0 Å². The Labute approximate surface area is 130 Å². The number of nitrogens with zero attached hydrogens (tertiary/aromatic N) is 1. The van der Waals surface area contributed by atoms with Gasteiger partial charge in [-0.3, -0.25) is 10.1 Å². The lowest BCUT2D eigenvalue weighted by molar-refractivity contribution is -0.126. The summed E-state index contributed by atoms with van der Waals surface area (Å²) in [4.78, 5) is 14.7. The molecule has 0 saturated heterocycles. The van der Waals surface area contributed by atoms with Gasteiger partial charge in [0.05, 0.1) is 0 Å². The molecule has 1 rings (SSSR count). The minimum Gasteiger partial charge on any atom is -0.368 e. The largest absolute Gasteiger partial charge is 0.368 e. The Bertz CT molecular complexity index is 327. The third kappa shape index (κ3) is 5.59. The number of rotatable bonds is 10. The molecule has 0 radical (unpaired) electrons. The van der Waals surface area contributed by atoms with Gasteiger partial charge in [-0.05, 0) is 44.4 Å². The first-order valence-corrected chi connectivity index (χ1v) is 8.47. The first-order chi connectivity index (χ1) is 9.67.